The summed E-state index contributed by atoms with van der Waals surface area (Å²) in [5, 5.41) is 8.64. The molecule has 0 bridgehead atoms. The standard InChI is InChI=1S/C7H11NO3/c1-4-5(7(10)11)3-8(2)6(4)9/h4-5H,3H2,1-2H3,(H,10,11)/t4-,5+/m1/s1. The van der Waals surface area contributed by atoms with Gasteiger partial charge in [0, 0.05) is 13.6 Å². The highest BCUT2D eigenvalue weighted by Gasteiger charge is 2.39. The molecule has 0 saturated carbocycles. The van der Waals surface area contributed by atoms with Crippen molar-refractivity contribution in [2.24, 2.45) is 11.8 Å². The number of nitrogens with zero attached hydrogens (tertiary/aromatic N) is 1. The van der Waals surface area contributed by atoms with Crippen LogP contribution in [-0.2, 0) is 9.59 Å². The number of aliphatic carboxylic acids is 1. The van der Waals surface area contributed by atoms with E-state index in [0.29, 0.717) is 6.54 Å². The second kappa shape index (κ2) is 2.53. The number of carboxylic acids is 1. The third kappa shape index (κ3) is 1.20. The van der Waals surface area contributed by atoms with Crippen LogP contribution in [0, 0.1) is 11.8 Å². The lowest BCUT2D eigenvalue weighted by molar-refractivity contribution is -0.143. The summed E-state index contributed by atoms with van der Waals surface area (Å²) in [5.41, 5.74) is 0. The number of carbonyl (C=O) groups excluding carboxylic acids is 1. The smallest absolute Gasteiger partial charge is 0.309 e. The predicted octanol–water partition coefficient (Wildman–Crippen LogP) is -0.205. The van der Waals surface area contributed by atoms with Gasteiger partial charge in [0.15, 0.2) is 0 Å². The SMILES string of the molecule is C[C@H]1C(=O)N(C)C[C@@H]1C(=O)O. The van der Waals surface area contributed by atoms with Crippen LogP contribution in [0.3, 0.4) is 0 Å². The largest absolute Gasteiger partial charge is 0.481 e. The van der Waals surface area contributed by atoms with E-state index in [-0.39, 0.29) is 11.8 Å². The number of hydrogen-bond acceptors (Lipinski definition) is 2. The van der Waals surface area contributed by atoms with Crippen LogP contribution in [0.4, 0.5) is 0 Å². The minimum atomic E-state index is -0.879. The fraction of sp³-hybridized carbons (Fsp3) is 0.714. The van der Waals surface area contributed by atoms with Crippen LogP contribution in [0.1, 0.15) is 6.92 Å². The second-order valence-corrected chi connectivity index (χ2v) is 2.95. The van der Waals surface area contributed by atoms with Crippen molar-refractivity contribution in [3.63, 3.8) is 0 Å². The van der Waals surface area contributed by atoms with Crippen LogP contribution in [0.5, 0.6) is 0 Å². The van der Waals surface area contributed by atoms with Crippen LogP contribution in [-0.4, -0.2) is 35.5 Å². The molecule has 1 heterocycles. The first-order valence-corrected chi connectivity index (χ1v) is 3.52. The Labute approximate surface area is 64.8 Å². The average Bonchev–Trinajstić information content (AvgIpc) is 2.17. The molecule has 0 aromatic carbocycles. The molecule has 62 valence electrons. The molecule has 1 aliphatic rings. The molecule has 1 aliphatic heterocycles. The summed E-state index contributed by atoms with van der Waals surface area (Å²) in [6.07, 6.45) is 0. The molecule has 4 nitrogen and oxygen atoms in total. The second-order valence-electron chi connectivity index (χ2n) is 2.95. The Morgan fingerprint density at radius 2 is 2.27 bits per heavy atom. The van der Waals surface area contributed by atoms with Crippen LogP contribution in [0.25, 0.3) is 0 Å². The summed E-state index contributed by atoms with van der Waals surface area (Å²) in [6.45, 7) is 2.00. The van der Waals surface area contributed by atoms with E-state index in [9.17, 15) is 9.59 Å². The Hall–Kier alpha value is -1.06. The summed E-state index contributed by atoms with van der Waals surface area (Å²) in [6, 6.07) is 0. The Morgan fingerprint density at radius 1 is 1.73 bits per heavy atom. The van der Waals surface area contributed by atoms with Gasteiger partial charge in [-0.25, -0.2) is 0 Å². The summed E-state index contributed by atoms with van der Waals surface area (Å²) in [7, 11) is 1.63. The van der Waals surface area contributed by atoms with Gasteiger partial charge in [-0.1, -0.05) is 6.92 Å². The van der Waals surface area contributed by atoms with Crippen LogP contribution < -0.4 is 0 Å². The monoisotopic (exact) mass is 157 g/mol. The first-order valence-electron chi connectivity index (χ1n) is 3.52. The van der Waals surface area contributed by atoms with Crippen molar-refractivity contribution in [1.29, 1.82) is 0 Å². The molecule has 0 unspecified atom stereocenters. The van der Waals surface area contributed by atoms with Crippen molar-refractivity contribution in [2.75, 3.05) is 13.6 Å². The normalized spacial score (nSPS) is 31.1. The Kier molecular flexibility index (Phi) is 1.85. The Morgan fingerprint density at radius 3 is 2.45 bits per heavy atom. The molecule has 1 rings (SSSR count). The maximum Gasteiger partial charge on any atom is 0.309 e. The summed E-state index contributed by atoms with van der Waals surface area (Å²) >= 11 is 0. The van der Waals surface area contributed by atoms with E-state index >= 15 is 0 Å². The van der Waals surface area contributed by atoms with Gasteiger partial charge in [0.25, 0.3) is 0 Å². The van der Waals surface area contributed by atoms with Gasteiger partial charge in [0.2, 0.25) is 5.91 Å². The zero-order valence-corrected chi connectivity index (χ0v) is 6.57. The van der Waals surface area contributed by atoms with Gasteiger partial charge in [-0.15, -0.1) is 0 Å². The van der Waals surface area contributed by atoms with Gasteiger partial charge >= 0.3 is 5.97 Å². The zero-order valence-electron chi connectivity index (χ0n) is 6.57. The molecule has 1 saturated heterocycles. The van der Waals surface area contributed by atoms with Crippen LogP contribution in [0.15, 0.2) is 0 Å². The van der Waals surface area contributed by atoms with Gasteiger partial charge in [0.05, 0.1) is 11.8 Å². The number of carboxylic acid groups (broad SMARTS) is 1. The molecule has 2 atom stereocenters. The predicted molar refractivity (Wildman–Crippen MR) is 37.9 cm³/mol. The summed E-state index contributed by atoms with van der Waals surface area (Å²) in [5.74, 6) is -1.84. The molecule has 1 amide bonds. The zero-order chi connectivity index (χ0) is 8.59. The van der Waals surface area contributed by atoms with E-state index in [0.717, 1.165) is 0 Å². The lowest BCUT2D eigenvalue weighted by Crippen LogP contribution is -2.21. The molecular formula is C7H11NO3. The van der Waals surface area contributed by atoms with Gasteiger partial charge in [0.1, 0.15) is 0 Å². The highest BCUT2D eigenvalue weighted by atomic mass is 16.4. The Balaban J connectivity index is 2.75. The number of carbonyl (C=O) groups is 2. The lowest BCUT2D eigenvalue weighted by Gasteiger charge is -2.05. The van der Waals surface area contributed by atoms with E-state index in [1.54, 1.807) is 14.0 Å². The lowest BCUT2D eigenvalue weighted by atomic mass is 9.98. The van der Waals surface area contributed by atoms with Crippen molar-refractivity contribution in [2.45, 2.75) is 6.92 Å². The molecule has 0 radical (unpaired) electrons. The third-order valence-corrected chi connectivity index (χ3v) is 2.16. The highest BCUT2D eigenvalue weighted by molar-refractivity contribution is 5.87. The molecular weight excluding hydrogens is 146 g/mol. The number of amides is 1. The Bertz CT molecular complexity index is 202. The van der Waals surface area contributed by atoms with Crippen molar-refractivity contribution in [1.82, 2.24) is 4.90 Å². The molecule has 0 spiro atoms. The number of likely N-dealkylation sites (tertiary alicyclic amines) is 1. The van der Waals surface area contributed by atoms with Crippen molar-refractivity contribution in [3.05, 3.63) is 0 Å². The van der Waals surface area contributed by atoms with Crippen molar-refractivity contribution >= 4 is 11.9 Å². The first kappa shape index (κ1) is 8.04. The van der Waals surface area contributed by atoms with E-state index in [4.69, 9.17) is 5.11 Å². The van der Waals surface area contributed by atoms with E-state index < -0.39 is 11.9 Å². The van der Waals surface area contributed by atoms with Gasteiger partial charge in [-0.3, -0.25) is 9.59 Å². The van der Waals surface area contributed by atoms with Crippen molar-refractivity contribution in [3.8, 4) is 0 Å². The number of hydrogen-bond donors (Lipinski definition) is 1. The van der Waals surface area contributed by atoms with Crippen LogP contribution in [0.2, 0.25) is 0 Å². The summed E-state index contributed by atoms with van der Waals surface area (Å²) in [4.78, 5) is 23.1. The molecule has 0 aromatic rings. The van der Waals surface area contributed by atoms with Gasteiger partial charge in [-0.2, -0.15) is 0 Å². The van der Waals surface area contributed by atoms with Gasteiger partial charge in [-0.05, 0) is 0 Å². The molecule has 0 aromatic heterocycles. The minimum Gasteiger partial charge on any atom is -0.481 e. The average molecular weight is 157 g/mol. The van der Waals surface area contributed by atoms with E-state index in [1.165, 1.54) is 4.90 Å². The topological polar surface area (TPSA) is 57.6 Å². The quantitative estimate of drug-likeness (QED) is 0.573. The maximum absolute atomic E-state index is 11.1. The molecule has 1 fully saturated rings. The summed E-state index contributed by atoms with van der Waals surface area (Å²) < 4.78 is 0. The number of rotatable bonds is 1. The maximum atomic E-state index is 11.1. The highest BCUT2D eigenvalue weighted by Crippen LogP contribution is 2.22. The fourth-order valence-electron chi connectivity index (χ4n) is 1.35. The molecule has 1 N–H and O–H groups in total. The van der Waals surface area contributed by atoms with E-state index in [2.05, 4.69) is 0 Å². The van der Waals surface area contributed by atoms with E-state index in [1.807, 2.05) is 0 Å². The third-order valence-electron chi connectivity index (χ3n) is 2.16. The molecule has 4 heteroatoms. The minimum absolute atomic E-state index is 0.0719. The fourth-order valence-corrected chi connectivity index (χ4v) is 1.35. The van der Waals surface area contributed by atoms with Crippen LogP contribution >= 0.6 is 0 Å². The van der Waals surface area contributed by atoms with Crippen molar-refractivity contribution < 1.29 is 14.7 Å². The molecule has 0 aliphatic carbocycles. The van der Waals surface area contributed by atoms with Gasteiger partial charge < -0.3 is 10.0 Å². The molecule has 11 heavy (non-hydrogen) atoms. The first-order chi connectivity index (χ1) is 5.04.